The number of hydrogen-bond donors (Lipinski definition) is 0. The molecule has 2 saturated heterocycles. The van der Waals surface area contributed by atoms with Crippen molar-refractivity contribution in [2.45, 2.75) is 32.1 Å². The van der Waals surface area contributed by atoms with E-state index in [-0.39, 0.29) is 11.8 Å². The Labute approximate surface area is 167 Å². The van der Waals surface area contributed by atoms with Crippen LogP contribution in [0.3, 0.4) is 0 Å². The van der Waals surface area contributed by atoms with Crippen molar-refractivity contribution in [3.05, 3.63) is 48.2 Å². The zero-order valence-electron chi connectivity index (χ0n) is 16.6. The van der Waals surface area contributed by atoms with E-state index in [0.717, 1.165) is 63.0 Å². The quantitative estimate of drug-likeness (QED) is 0.800. The van der Waals surface area contributed by atoms with Crippen molar-refractivity contribution in [3.63, 3.8) is 0 Å². The van der Waals surface area contributed by atoms with Gasteiger partial charge in [-0.25, -0.2) is 4.98 Å². The van der Waals surface area contributed by atoms with Gasteiger partial charge in [-0.2, -0.15) is 4.98 Å². The van der Waals surface area contributed by atoms with Crippen molar-refractivity contribution in [3.8, 4) is 0 Å². The molecule has 6 nitrogen and oxygen atoms in total. The van der Waals surface area contributed by atoms with Gasteiger partial charge in [-0.1, -0.05) is 37.3 Å². The van der Waals surface area contributed by atoms with Gasteiger partial charge in [0.15, 0.2) is 0 Å². The van der Waals surface area contributed by atoms with Crippen LogP contribution in [0.5, 0.6) is 0 Å². The normalized spacial score (nSPS) is 18.4. The lowest BCUT2D eigenvalue weighted by molar-refractivity contribution is -0.133. The summed E-state index contributed by atoms with van der Waals surface area (Å²) in [6, 6.07) is 12.1. The minimum atomic E-state index is -0.0476. The van der Waals surface area contributed by atoms with Gasteiger partial charge in [-0.05, 0) is 30.9 Å². The average Bonchev–Trinajstić information content (AvgIpc) is 3.30. The maximum atomic E-state index is 13.1. The Morgan fingerprint density at radius 3 is 2.36 bits per heavy atom. The van der Waals surface area contributed by atoms with Crippen LogP contribution in [0.2, 0.25) is 0 Å². The fourth-order valence-corrected chi connectivity index (χ4v) is 4.20. The van der Waals surface area contributed by atoms with Gasteiger partial charge in [0.2, 0.25) is 11.9 Å². The number of piperazine rings is 1. The molecule has 2 aromatic rings. The van der Waals surface area contributed by atoms with E-state index >= 15 is 0 Å². The summed E-state index contributed by atoms with van der Waals surface area (Å²) in [5.41, 5.74) is 1.11. The molecule has 2 fully saturated rings. The monoisotopic (exact) mass is 379 g/mol. The van der Waals surface area contributed by atoms with Gasteiger partial charge in [-0.15, -0.1) is 0 Å². The molecule has 1 amide bonds. The standard InChI is InChI=1S/C22H29N5O/c1-2-19(18-8-4-3-5-9-18)21(28)26-16-14-25(15-17-26)20-10-11-23-22(24-20)27-12-6-7-13-27/h3-5,8-11,19H,2,6-7,12-17H2,1H3. The number of carbonyl (C=O) groups is 1. The number of benzene rings is 1. The summed E-state index contributed by atoms with van der Waals surface area (Å²) in [5.74, 6) is 2.00. The number of amides is 1. The molecule has 0 saturated carbocycles. The Morgan fingerprint density at radius 1 is 0.964 bits per heavy atom. The van der Waals surface area contributed by atoms with Crippen LogP contribution in [0.4, 0.5) is 11.8 Å². The molecule has 1 aromatic carbocycles. The summed E-state index contributed by atoms with van der Waals surface area (Å²) in [7, 11) is 0. The smallest absolute Gasteiger partial charge is 0.230 e. The largest absolute Gasteiger partial charge is 0.353 e. The fraction of sp³-hybridized carbons (Fsp3) is 0.500. The lowest BCUT2D eigenvalue weighted by Crippen LogP contribution is -2.50. The van der Waals surface area contributed by atoms with Gasteiger partial charge in [-0.3, -0.25) is 4.79 Å². The zero-order valence-corrected chi connectivity index (χ0v) is 16.6. The van der Waals surface area contributed by atoms with Crippen molar-refractivity contribution >= 4 is 17.7 Å². The predicted octanol–water partition coefficient (Wildman–Crippen LogP) is 2.92. The van der Waals surface area contributed by atoms with E-state index in [1.165, 1.54) is 12.8 Å². The Morgan fingerprint density at radius 2 is 1.68 bits per heavy atom. The topological polar surface area (TPSA) is 52.6 Å². The number of aromatic nitrogens is 2. The third-order valence-corrected chi connectivity index (χ3v) is 5.84. The van der Waals surface area contributed by atoms with E-state index in [2.05, 4.69) is 33.8 Å². The van der Waals surface area contributed by atoms with Crippen LogP contribution in [-0.2, 0) is 4.79 Å². The fourth-order valence-electron chi connectivity index (χ4n) is 4.20. The van der Waals surface area contributed by atoms with Crippen LogP contribution in [0.25, 0.3) is 0 Å². The molecule has 4 rings (SSSR count). The molecular formula is C22H29N5O. The second-order valence-corrected chi connectivity index (χ2v) is 7.59. The number of hydrogen-bond acceptors (Lipinski definition) is 5. The summed E-state index contributed by atoms with van der Waals surface area (Å²) in [5, 5.41) is 0. The first kappa shape index (κ1) is 18.7. The van der Waals surface area contributed by atoms with Crippen LogP contribution >= 0.6 is 0 Å². The number of nitrogens with zero attached hydrogens (tertiary/aromatic N) is 5. The molecule has 2 aliphatic rings. The SMILES string of the molecule is CCC(C(=O)N1CCN(c2ccnc(N3CCCC3)n2)CC1)c1ccccc1. The molecule has 0 aliphatic carbocycles. The van der Waals surface area contributed by atoms with E-state index < -0.39 is 0 Å². The molecule has 3 heterocycles. The Bertz CT molecular complexity index is 783. The molecule has 1 atom stereocenters. The van der Waals surface area contributed by atoms with Crippen LogP contribution in [0.1, 0.15) is 37.7 Å². The summed E-state index contributed by atoms with van der Waals surface area (Å²) in [6.07, 6.45) is 5.12. The van der Waals surface area contributed by atoms with Crippen molar-refractivity contribution < 1.29 is 4.79 Å². The molecule has 2 aliphatic heterocycles. The molecule has 0 N–H and O–H groups in total. The molecule has 1 aromatic heterocycles. The summed E-state index contributed by atoms with van der Waals surface area (Å²) < 4.78 is 0. The third kappa shape index (κ3) is 3.96. The molecule has 148 valence electrons. The Balaban J connectivity index is 1.39. The summed E-state index contributed by atoms with van der Waals surface area (Å²) in [6.45, 7) is 7.29. The minimum Gasteiger partial charge on any atom is -0.353 e. The van der Waals surface area contributed by atoms with E-state index in [1.54, 1.807) is 0 Å². The maximum absolute atomic E-state index is 13.1. The maximum Gasteiger partial charge on any atom is 0.230 e. The second kappa shape index (κ2) is 8.59. The highest BCUT2D eigenvalue weighted by Gasteiger charge is 2.28. The van der Waals surface area contributed by atoms with Gasteiger partial charge in [0.05, 0.1) is 5.92 Å². The molecule has 0 radical (unpaired) electrons. The van der Waals surface area contributed by atoms with Crippen molar-refractivity contribution in [1.29, 1.82) is 0 Å². The van der Waals surface area contributed by atoms with E-state index in [9.17, 15) is 4.79 Å². The lowest BCUT2D eigenvalue weighted by Gasteiger charge is -2.37. The predicted molar refractivity (Wildman–Crippen MR) is 112 cm³/mol. The molecule has 0 bridgehead atoms. The Hall–Kier alpha value is -2.63. The first-order valence-corrected chi connectivity index (χ1v) is 10.4. The number of carbonyl (C=O) groups excluding carboxylic acids is 1. The van der Waals surface area contributed by atoms with Crippen LogP contribution in [0, 0.1) is 0 Å². The highest BCUT2D eigenvalue weighted by Crippen LogP contribution is 2.24. The molecule has 28 heavy (non-hydrogen) atoms. The lowest BCUT2D eigenvalue weighted by atomic mass is 9.95. The molecule has 0 spiro atoms. The zero-order chi connectivity index (χ0) is 19.3. The van der Waals surface area contributed by atoms with Gasteiger partial charge in [0, 0.05) is 45.5 Å². The first-order chi connectivity index (χ1) is 13.8. The number of anilines is 2. The average molecular weight is 380 g/mol. The minimum absolute atomic E-state index is 0.0476. The molecule has 6 heteroatoms. The van der Waals surface area contributed by atoms with Crippen molar-refractivity contribution in [2.24, 2.45) is 0 Å². The summed E-state index contributed by atoms with van der Waals surface area (Å²) >= 11 is 0. The van der Waals surface area contributed by atoms with Gasteiger partial charge >= 0.3 is 0 Å². The van der Waals surface area contributed by atoms with Crippen molar-refractivity contribution in [1.82, 2.24) is 14.9 Å². The van der Waals surface area contributed by atoms with E-state index in [4.69, 9.17) is 4.98 Å². The highest BCUT2D eigenvalue weighted by molar-refractivity contribution is 5.84. The first-order valence-electron chi connectivity index (χ1n) is 10.4. The van der Waals surface area contributed by atoms with Crippen molar-refractivity contribution in [2.75, 3.05) is 49.1 Å². The van der Waals surface area contributed by atoms with E-state index in [1.807, 2.05) is 35.4 Å². The summed E-state index contributed by atoms with van der Waals surface area (Å²) in [4.78, 5) is 28.9. The molecular weight excluding hydrogens is 350 g/mol. The number of rotatable bonds is 5. The van der Waals surface area contributed by atoms with Gasteiger partial charge in [0.25, 0.3) is 0 Å². The second-order valence-electron chi connectivity index (χ2n) is 7.59. The van der Waals surface area contributed by atoms with Gasteiger partial charge in [0.1, 0.15) is 5.82 Å². The van der Waals surface area contributed by atoms with Gasteiger partial charge < -0.3 is 14.7 Å². The van der Waals surface area contributed by atoms with Crippen LogP contribution < -0.4 is 9.80 Å². The van der Waals surface area contributed by atoms with Crippen LogP contribution in [-0.4, -0.2) is 60.0 Å². The highest BCUT2D eigenvalue weighted by atomic mass is 16.2. The molecule has 1 unspecified atom stereocenters. The van der Waals surface area contributed by atoms with Crippen LogP contribution in [0.15, 0.2) is 42.6 Å². The van der Waals surface area contributed by atoms with E-state index in [0.29, 0.717) is 0 Å². The third-order valence-electron chi connectivity index (χ3n) is 5.84. The Kier molecular flexibility index (Phi) is 5.74.